The Morgan fingerprint density at radius 2 is 2.25 bits per heavy atom. The van der Waals surface area contributed by atoms with Gasteiger partial charge < -0.3 is 10.3 Å². The first-order chi connectivity index (χ1) is 11.6. The molecule has 24 heavy (non-hydrogen) atoms. The summed E-state index contributed by atoms with van der Waals surface area (Å²) in [5, 5.41) is 7.94. The number of carbonyl (C=O) groups is 1. The molecule has 2 aromatic heterocycles. The number of rotatable bonds is 6. The van der Waals surface area contributed by atoms with Gasteiger partial charge in [0.25, 0.3) is 5.91 Å². The van der Waals surface area contributed by atoms with Crippen LogP contribution in [0.4, 0.5) is 5.69 Å². The number of hydrogen-bond acceptors (Lipinski definition) is 4. The van der Waals surface area contributed by atoms with Gasteiger partial charge in [0, 0.05) is 25.4 Å². The van der Waals surface area contributed by atoms with Gasteiger partial charge in [-0.05, 0) is 30.9 Å². The molecule has 0 unspecified atom stereocenters. The molecule has 126 valence electrons. The lowest BCUT2D eigenvalue weighted by atomic mass is 10.2. The Balaban J connectivity index is 1.80. The van der Waals surface area contributed by atoms with Crippen molar-refractivity contribution in [3.63, 3.8) is 0 Å². The Bertz CT molecular complexity index is 867. The van der Waals surface area contributed by atoms with Crippen LogP contribution in [-0.4, -0.2) is 31.9 Å². The van der Waals surface area contributed by atoms with E-state index in [-0.39, 0.29) is 5.91 Å². The minimum Gasteiger partial charge on any atom is -0.342 e. The van der Waals surface area contributed by atoms with Gasteiger partial charge in [-0.15, -0.1) is 11.8 Å². The standard InChI is InChI=1S/C17H21N5OS/c1-4-5-6-15-19-13-8-7-11(9-14(13)20-15)18-16(23)12-10-22(2)21-17(12)24-3/h7-10H,4-6H2,1-3H3,(H,18,23)(H,19,20). The number of aromatic nitrogens is 4. The summed E-state index contributed by atoms with van der Waals surface area (Å²) in [6, 6.07) is 5.72. The second kappa shape index (κ2) is 7.09. The van der Waals surface area contributed by atoms with E-state index in [1.54, 1.807) is 10.9 Å². The lowest BCUT2D eigenvalue weighted by Gasteiger charge is -2.04. The molecule has 0 atom stereocenters. The zero-order valence-corrected chi connectivity index (χ0v) is 14.9. The Hall–Kier alpha value is -2.28. The first-order valence-electron chi connectivity index (χ1n) is 7.98. The first-order valence-corrected chi connectivity index (χ1v) is 9.20. The summed E-state index contributed by atoms with van der Waals surface area (Å²) in [6.45, 7) is 2.16. The van der Waals surface area contributed by atoms with Gasteiger partial charge in [0.15, 0.2) is 0 Å². The highest BCUT2D eigenvalue weighted by atomic mass is 32.2. The van der Waals surface area contributed by atoms with Gasteiger partial charge in [0.2, 0.25) is 0 Å². The number of hydrogen-bond donors (Lipinski definition) is 2. The van der Waals surface area contributed by atoms with Gasteiger partial charge in [-0.3, -0.25) is 9.48 Å². The van der Waals surface area contributed by atoms with Crippen molar-refractivity contribution >= 4 is 34.4 Å². The third kappa shape index (κ3) is 3.46. The van der Waals surface area contributed by atoms with E-state index in [9.17, 15) is 4.79 Å². The Morgan fingerprint density at radius 1 is 1.42 bits per heavy atom. The number of carbonyl (C=O) groups excluding carboxylic acids is 1. The van der Waals surface area contributed by atoms with E-state index in [2.05, 4.69) is 27.3 Å². The van der Waals surface area contributed by atoms with Crippen LogP contribution in [0.25, 0.3) is 11.0 Å². The fourth-order valence-electron chi connectivity index (χ4n) is 2.58. The minimum absolute atomic E-state index is 0.155. The molecule has 6 nitrogen and oxygen atoms in total. The van der Waals surface area contributed by atoms with Crippen LogP contribution in [-0.2, 0) is 13.5 Å². The average Bonchev–Trinajstić information content (AvgIpc) is 3.15. The van der Waals surface area contributed by atoms with Crippen molar-refractivity contribution in [2.24, 2.45) is 7.05 Å². The molecule has 0 aliphatic rings. The maximum Gasteiger partial charge on any atom is 0.260 e. The van der Waals surface area contributed by atoms with Crippen molar-refractivity contribution in [1.29, 1.82) is 0 Å². The molecule has 7 heteroatoms. The largest absolute Gasteiger partial charge is 0.342 e. The summed E-state index contributed by atoms with van der Waals surface area (Å²) in [7, 11) is 1.81. The van der Waals surface area contributed by atoms with Crippen LogP contribution in [0.5, 0.6) is 0 Å². The summed E-state index contributed by atoms with van der Waals surface area (Å²) in [5.74, 6) is 0.838. The van der Waals surface area contributed by atoms with Crippen molar-refractivity contribution in [2.75, 3.05) is 11.6 Å². The maximum absolute atomic E-state index is 12.5. The number of nitrogens with one attached hydrogen (secondary N) is 2. The van der Waals surface area contributed by atoms with Crippen molar-refractivity contribution in [3.8, 4) is 0 Å². The van der Waals surface area contributed by atoms with Crippen molar-refractivity contribution < 1.29 is 4.79 Å². The zero-order valence-electron chi connectivity index (χ0n) is 14.1. The van der Waals surface area contributed by atoms with E-state index in [1.807, 2.05) is 31.5 Å². The molecule has 1 amide bonds. The minimum atomic E-state index is -0.155. The van der Waals surface area contributed by atoms with Gasteiger partial charge >= 0.3 is 0 Å². The second-order valence-electron chi connectivity index (χ2n) is 5.70. The summed E-state index contributed by atoms with van der Waals surface area (Å²) in [5.41, 5.74) is 3.19. The lowest BCUT2D eigenvalue weighted by molar-refractivity contribution is 0.102. The summed E-state index contributed by atoms with van der Waals surface area (Å²) < 4.78 is 1.65. The molecular formula is C17H21N5OS. The van der Waals surface area contributed by atoms with Crippen LogP contribution in [0.15, 0.2) is 29.4 Å². The van der Waals surface area contributed by atoms with E-state index in [0.717, 1.165) is 46.8 Å². The van der Waals surface area contributed by atoms with Crippen LogP contribution in [0.1, 0.15) is 35.9 Å². The highest BCUT2D eigenvalue weighted by Gasteiger charge is 2.15. The van der Waals surface area contributed by atoms with Gasteiger partial charge in [0.1, 0.15) is 10.9 Å². The third-order valence-electron chi connectivity index (χ3n) is 3.79. The van der Waals surface area contributed by atoms with E-state index < -0.39 is 0 Å². The molecule has 0 fully saturated rings. The van der Waals surface area contributed by atoms with E-state index >= 15 is 0 Å². The first kappa shape index (κ1) is 16.6. The van der Waals surface area contributed by atoms with Gasteiger partial charge in [0.05, 0.1) is 16.6 Å². The molecule has 3 rings (SSSR count). The van der Waals surface area contributed by atoms with Gasteiger partial charge in [-0.1, -0.05) is 13.3 Å². The summed E-state index contributed by atoms with van der Waals surface area (Å²) in [6.07, 6.45) is 6.84. The highest BCUT2D eigenvalue weighted by Crippen LogP contribution is 2.21. The Kier molecular flexibility index (Phi) is 4.89. The molecule has 0 radical (unpaired) electrons. The Morgan fingerprint density at radius 3 is 3.00 bits per heavy atom. The predicted molar refractivity (Wildman–Crippen MR) is 97.6 cm³/mol. The van der Waals surface area contributed by atoms with Crippen molar-refractivity contribution in [3.05, 3.63) is 35.8 Å². The van der Waals surface area contributed by atoms with Gasteiger partial charge in [-0.25, -0.2) is 4.98 Å². The molecule has 2 N–H and O–H groups in total. The monoisotopic (exact) mass is 343 g/mol. The van der Waals surface area contributed by atoms with Crippen LogP contribution in [0, 0.1) is 0 Å². The summed E-state index contributed by atoms with van der Waals surface area (Å²) in [4.78, 5) is 20.4. The van der Waals surface area contributed by atoms with Crippen LogP contribution in [0.3, 0.4) is 0 Å². The van der Waals surface area contributed by atoms with Crippen molar-refractivity contribution in [2.45, 2.75) is 31.2 Å². The van der Waals surface area contributed by atoms with Crippen LogP contribution in [0.2, 0.25) is 0 Å². The number of anilines is 1. The predicted octanol–water partition coefficient (Wildman–Crippen LogP) is 3.61. The summed E-state index contributed by atoms with van der Waals surface area (Å²) >= 11 is 1.46. The molecule has 0 bridgehead atoms. The number of fused-ring (bicyclic) bond motifs is 1. The number of aromatic amines is 1. The molecule has 1 aromatic carbocycles. The normalized spacial score (nSPS) is 11.1. The third-order valence-corrected chi connectivity index (χ3v) is 4.48. The SMILES string of the molecule is CCCCc1nc2ccc(NC(=O)c3cn(C)nc3SC)cc2[nH]1. The maximum atomic E-state index is 12.5. The van der Waals surface area contributed by atoms with E-state index in [1.165, 1.54) is 11.8 Å². The number of thioether (sulfide) groups is 1. The average molecular weight is 343 g/mol. The number of nitrogens with zero attached hydrogens (tertiary/aromatic N) is 3. The highest BCUT2D eigenvalue weighted by molar-refractivity contribution is 7.98. The molecule has 0 aliphatic carbocycles. The number of aryl methyl sites for hydroxylation is 2. The molecule has 0 saturated carbocycles. The molecule has 0 saturated heterocycles. The fraction of sp³-hybridized carbons (Fsp3) is 0.353. The quantitative estimate of drug-likeness (QED) is 0.670. The number of imidazole rings is 1. The zero-order chi connectivity index (χ0) is 17.1. The number of H-pyrrole nitrogens is 1. The van der Waals surface area contributed by atoms with Crippen LogP contribution >= 0.6 is 11.8 Å². The number of unbranched alkanes of at least 4 members (excludes halogenated alkanes) is 1. The smallest absolute Gasteiger partial charge is 0.260 e. The number of amides is 1. The second-order valence-corrected chi connectivity index (χ2v) is 6.49. The lowest BCUT2D eigenvalue weighted by Crippen LogP contribution is -2.12. The fourth-order valence-corrected chi connectivity index (χ4v) is 3.15. The molecular weight excluding hydrogens is 322 g/mol. The van der Waals surface area contributed by atoms with Crippen molar-refractivity contribution in [1.82, 2.24) is 19.7 Å². The molecule has 2 heterocycles. The molecule has 0 spiro atoms. The molecule has 0 aliphatic heterocycles. The topological polar surface area (TPSA) is 75.6 Å². The Labute approximate surface area is 145 Å². The van der Waals surface area contributed by atoms with E-state index in [4.69, 9.17) is 0 Å². The number of benzene rings is 1. The van der Waals surface area contributed by atoms with E-state index in [0.29, 0.717) is 5.56 Å². The van der Waals surface area contributed by atoms with Gasteiger partial charge in [-0.2, -0.15) is 5.10 Å². The van der Waals surface area contributed by atoms with Crippen LogP contribution < -0.4 is 5.32 Å². The molecule has 3 aromatic rings.